The Morgan fingerprint density at radius 2 is 1.95 bits per heavy atom. The van der Waals surface area contributed by atoms with Crippen LogP contribution in [0.3, 0.4) is 0 Å². The van der Waals surface area contributed by atoms with E-state index in [0.717, 1.165) is 9.40 Å². The number of benzene rings is 1. The number of thiophene rings is 2. The largest absolute Gasteiger partial charge is 0.478 e. The Morgan fingerprint density at radius 3 is 2.67 bits per heavy atom. The Balaban J connectivity index is 1.87. The quantitative estimate of drug-likeness (QED) is 0.692. The summed E-state index contributed by atoms with van der Waals surface area (Å²) in [7, 11) is 0. The number of nitrogens with one attached hydrogen (secondary N) is 1. The smallest absolute Gasteiger partial charge is 0.335 e. The number of anilines is 1. The SMILES string of the molecule is O=C(O)c1cc(Br)cc(NC(=O)c2cc3sccc3s2)c1. The highest BCUT2D eigenvalue weighted by molar-refractivity contribution is 9.10. The third-order valence-electron chi connectivity index (χ3n) is 2.77. The molecule has 2 N–H and O–H groups in total. The first-order valence-electron chi connectivity index (χ1n) is 5.85. The Hall–Kier alpha value is -1.70. The van der Waals surface area contributed by atoms with Gasteiger partial charge in [0, 0.05) is 19.6 Å². The van der Waals surface area contributed by atoms with Gasteiger partial charge in [-0.25, -0.2) is 4.79 Å². The molecular weight excluding hydrogens is 374 g/mol. The van der Waals surface area contributed by atoms with E-state index < -0.39 is 5.97 Å². The summed E-state index contributed by atoms with van der Waals surface area (Å²) in [6.45, 7) is 0. The van der Waals surface area contributed by atoms with E-state index in [1.165, 1.54) is 23.5 Å². The average molecular weight is 382 g/mol. The Bertz CT molecular complexity index is 824. The molecule has 0 atom stereocenters. The van der Waals surface area contributed by atoms with Gasteiger partial charge in [-0.3, -0.25) is 4.79 Å². The first-order chi connectivity index (χ1) is 10.0. The Morgan fingerprint density at radius 1 is 1.14 bits per heavy atom. The van der Waals surface area contributed by atoms with Crippen molar-refractivity contribution in [3.8, 4) is 0 Å². The first-order valence-corrected chi connectivity index (χ1v) is 8.34. The molecule has 0 spiro atoms. The molecule has 21 heavy (non-hydrogen) atoms. The molecule has 3 aromatic rings. The number of carboxylic acids is 1. The second-order valence-electron chi connectivity index (χ2n) is 4.25. The highest BCUT2D eigenvalue weighted by Gasteiger charge is 2.13. The number of fused-ring (bicyclic) bond motifs is 1. The zero-order valence-electron chi connectivity index (χ0n) is 10.4. The molecule has 0 saturated carbocycles. The second kappa shape index (κ2) is 5.59. The molecule has 2 aromatic heterocycles. The molecule has 4 nitrogen and oxygen atoms in total. The number of hydrogen-bond acceptors (Lipinski definition) is 4. The fraction of sp³-hybridized carbons (Fsp3) is 0. The van der Waals surface area contributed by atoms with Gasteiger partial charge in [0.2, 0.25) is 0 Å². The van der Waals surface area contributed by atoms with Crippen LogP contribution < -0.4 is 5.32 Å². The van der Waals surface area contributed by atoms with Crippen molar-refractivity contribution in [2.45, 2.75) is 0 Å². The summed E-state index contributed by atoms with van der Waals surface area (Å²) < 4.78 is 2.75. The van der Waals surface area contributed by atoms with Crippen molar-refractivity contribution in [2.24, 2.45) is 0 Å². The van der Waals surface area contributed by atoms with Gasteiger partial charge < -0.3 is 10.4 Å². The molecule has 106 valence electrons. The van der Waals surface area contributed by atoms with Crippen LogP contribution in [-0.2, 0) is 0 Å². The van der Waals surface area contributed by atoms with Gasteiger partial charge in [0.25, 0.3) is 5.91 Å². The van der Waals surface area contributed by atoms with Crippen molar-refractivity contribution in [1.29, 1.82) is 0 Å². The third kappa shape index (κ3) is 2.99. The number of hydrogen-bond donors (Lipinski definition) is 2. The van der Waals surface area contributed by atoms with E-state index in [9.17, 15) is 9.59 Å². The molecule has 2 heterocycles. The molecule has 1 aromatic carbocycles. The normalized spacial score (nSPS) is 10.7. The maximum atomic E-state index is 12.2. The highest BCUT2D eigenvalue weighted by Crippen LogP contribution is 2.30. The van der Waals surface area contributed by atoms with Gasteiger partial charge in [-0.15, -0.1) is 22.7 Å². The van der Waals surface area contributed by atoms with Crippen molar-refractivity contribution >= 4 is 65.6 Å². The number of amides is 1. The van der Waals surface area contributed by atoms with Crippen LogP contribution in [-0.4, -0.2) is 17.0 Å². The van der Waals surface area contributed by atoms with Gasteiger partial charge in [-0.2, -0.15) is 0 Å². The van der Waals surface area contributed by atoms with Crippen LogP contribution >= 0.6 is 38.6 Å². The van der Waals surface area contributed by atoms with Gasteiger partial charge in [-0.1, -0.05) is 15.9 Å². The number of carbonyl (C=O) groups excluding carboxylic acids is 1. The van der Waals surface area contributed by atoms with Crippen LogP contribution in [0.2, 0.25) is 0 Å². The molecule has 0 saturated heterocycles. The van der Waals surface area contributed by atoms with Crippen LogP contribution in [0.25, 0.3) is 9.40 Å². The number of carbonyl (C=O) groups is 2. The van der Waals surface area contributed by atoms with Crippen LogP contribution in [0.5, 0.6) is 0 Å². The molecule has 1 amide bonds. The molecule has 0 aliphatic carbocycles. The number of halogens is 1. The van der Waals surface area contributed by atoms with E-state index in [2.05, 4.69) is 21.2 Å². The second-order valence-corrected chi connectivity index (χ2v) is 7.19. The summed E-state index contributed by atoms with van der Waals surface area (Å²) in [6, 6.07) is 8.40. The fourth-order valence-electron chi connectivity index (χ4n) is 1.86. The Labute approximate surface area is 136 Å². The van der Waals surface area contributed by atoms with Crippen molar-refractivity contribution in [3.05, 3.63) is 50.6 Å². The van der Waals surface area contributed by atoms with E-state index in [4.69, 9.17) is 5.11 Å². The molecule has 0 fully saturated rings. The van der Waals surface area contributed by atoms with Crippen molar-refractivity contribution < 1.29 is 14.7 Å². The van der Waals surface area contributed by atoms with E-state index in [-0.39, 0.29) is 11.5 Å². The molecule has 0 bridgehead atoms. The zero-order valence-corrected chi connectivity index (χ0v) is 13.6. The lowest BCUT2D eigenvalue weighted by molar-refractivity contribution is 0.0696. The molecule has 0 aliphatic rings. The van der Waals surface area contributed by atoms with Crippen LogP contribution in [0.1, 0.15) is 20.0 Å². The molecule has 0 radical (unpaired) electrons. The highest BCUT2D eigenvalue weighted by atomic mass is 79.9. The summed E-state index contributed by atoms with van der Waals surface area (Å²) in [5.74, 6) is -1.28. The number of aromatic carboxylic acids is 1. The lowest BCUT2D eigenvalue weighted by Gasteiger charge is -2.05. The van der Waals surface area contributed by atoms with Gasteiger partial charge in [0.05, 0.1) is 10.4 Å². The monoisotopic (exact) mass is 381 g/mol. The molecule has 0 unspecified atom stereocenters. The van der Waals surface area contributed by atoms with Gasteiger partial charge in [0.15, 0.2) is 0 Å². The summed E-state index contributed by atoms with van der Waals surface area (Å²) in [6.07, 6.45) is 0. The van der Waals surface area contributed by atoms with Gasteiger partial charge in [0.1, 0.15) is 0 Å². The fourth-order valence-corrected chi connectivity index (χ4v) is 4.35. The van der Waals surface area contributed by atoms with E-state index in [0.29, 0.717) is 15.0 Å². The van der Waals surface area contributed by atoms with Crippen molar-refractivity contribution in [2.75, 3.05) is 5.32 Å². The number of rotatable bonds is 3. The topological polar surface area (TPSA) is 66.4 Å². The minimum absolute atomic E-state index is 0.117. The van der Waals surface area contributed by atoms with E-state index >= 15 is 0 Å². The molecule has 3 rings (SSSR count). The lowest BCUT2D eigenvalue weighted by Crippen LogP contribution is -2.11. The third-order valence-corrected chi connectivity index (χ3v) is 5.32. The van der Waals surface area contributed by atoms with Crippen molar-refractivity contribution in [3.63, 3.8) is 0 Å². The minimum Gasteiger partial charge on any atom is -0.478 e. The lowest BCUT2D eigenvalue weighted by atomic mass is 10.2. The van der Waals surface area contributed by atoms with Crippen LogP contribution in [0.15, 0.2) is 40.2 Å². The predicted octanol–water partition coefficient (Wildman–Crippen LogP) is 4.68. The van der Waals surface area contributed by atoms with Gasteiger partial charge in [-0.05, 0) is 35.7 Å². The summed E-state index contributed by atoms with van der Waals surface area (Å²) in [5.41, 5.74) is 0.565. The molecule has 0 aliphatic heterocycles. The van der Waals surface area contributed by atoms with Crippen LogP contribution in [0, 0.1) is 0 Å². The summed E-state index contributed by atoms with van der Waals surface area (Å²) in [5, 5.41) is 13.7. The molecule has 7 heteroatoms. The van der Waals surface area contributed by atoms with E-state index in [1.54, 1.807) is 17.4 Å². The van der Waals surface area contributed by atoms with Gasteiger partial charge >= 0.3 is 5.97 Å². The van der Waals surface area contributed by atoms with Crippen molar-refractivity contribution in [1.82, 2.24) is 0 Å². The number of carboxylic acid groups (broad SMARTS) is 1. The maximum absolute atomic E-state index is 12.2. The van der Waals surface area contributed by atoms with E-state index in [1.807, 2.05) is 17.5 Å². The molecular formula is C14H8BrNO3S2. The zero-order chi connectivity index (χ0) is 15.0. The summed E-state index contributed by atoms with van der Waals surface area (Å²) >= 11 is 6.24. The average Bonchev–Trinajstić information content (AvgIpc) is 2.98. The standard InChI is InChI=1S/C14H8BrNO3S2/c15-8-3-7(14(18)19)4-9(5-8)16-13(17)12-6-11-10(21-12)1-2-20-11/h1-6H,(H,16,17)(H,18,19). The Kier molecular flexibility index (Phi) is 3.79. The maximum Gasteiger partial charge on any atom is 0.335 e. The predicted molar refractivity (Wildman–Crippen MR) is 88.8 cm³/mol. The first kappa shape index (κ1) is 14.2. The van der Waals surface area contributed by atoms with Crippen LogP contribution in [0.4, 0.5) is 5.69 Å². The summed E-state index contributed by atoms with van der Waals surface area (Å²) in [4.78, 5) is 23.8. The minimum atomic E-state index is -1.04.